The second-order valence-electron chi connectivity index (χ2n) is 9.47. The SMILES string of the molecule is NCCN(CCN)C(=O)C[C@H](N)C(=O)N[C@@H](CC1CCCCC1)C(=O)Nc1ccc2ncccc2c1. The number of carbonyl (C=O) groups is 3. The standard InChI is InChI=1S/C26H39N7O3/c27-10-13-33(14-11-28)24(34)17-21(29)25(35)32-23(15-18-5-2-1-3-6-18)26(36)31-20-8-9-22-19(16-20)7-4-12-30-22/h4,7-9,12,16,18,21,23H,1-3,5-6,10-11,13-15,17,27-29H2,(H,31,36)(H,32,35)/t21-,23-/m0/s1. The Bertz CT molecular complexity index is 1020. The van der Waals surface area contributed by atoms with Gasteiger partial charge in [0.2, 0.25) is 17.7 Å². The van der Waals surface area contributed by atoms with E-state index in [4.69, 9.17) is 17.2 Å². The Labute approximate surface area is 212 Å². The molecule has 3 rings (SSSR count). The molecule has 196 valence electrons. The first kappa shape index (κ1) is 27.5. The van der Waals surface area contributed by atoms with Gasteiger partial charge in [-0.05, 0) is 36.6 Å². The molecule has 1 fully saturated rings. The van der Waals surface area contributed by atoms with Crippen molar-refractivity contribution >= 4 is 34.3 Å². The molecule has 2 aromatic rings. The molecular formula is C26H39N7O3. The fraction of sp³-hybridized carbons (Fsp3) is 0.538. The fourth-order valence-electron chi connectivity index (χ4n) is 4.73. The molecule has 0 radical (unpaired) electrons. The van der Waals surface area contributed by atoms with Crippen molar-refractivity contribution in [2.45, 2.75) is 57.0 Å². The Kier molecular flexibility index (Phi) is 10.6. The molecular weight excluding hydrogens is 458 g/mol. The number of nitrogens with zero attached hydrogens (tertiary/aromatic N) is 2. The second kappa shape index (κ2) is 13.9. The summed E-state index contributed by atoms with van der Waals surface area (Å²) in [7, 11) is 0. The van der Waals surface area contributed by atoms with Crippen molar-refractivity contribution in [2.24, 2.45) is 23.1 Å². The van der Waals surface area contributed by atoms with E-state index in [1.165, 1.54) is 11.3 Å². The number of anilines is 1. The van der Waals surface area contributed by atoms with Gasteiger partial charge in [-0.15, -0.1) is 0 Å². The van der Waals surface area contributed by atoms with Crippen molar-refractivity contribution in [3.63, 3.8) is 0 Å². The first-order chi connectivity index (χ1) is 17.4. The Morgan fingerprint density at radius 2 is 1.75 bits per heavy atom. The third-order valence-corrected chi connectivity index (χ3v) is 6.68. The number of benzene rings is 1. The summed E-state index contributed by atoms with van der Waals surface area (Å²) in [5.41, 5.74) is 18.7. The topological polar surface area (TPSA) is 169 Å². The monoisotopic (exact) mass is 497 g/mol. The lowest BCUT2D eigenvalue weighted by Crippen LogP contribution is -2.52. The van der Waals surface area contributed by atoms with Gasteiger partial charge >= 0.3 is 0 Å². The number of nitrogens with two attached hydrogens (primary N) is 3. The minimum Gasteiger partial charge on any atom is -0.343 e. The molecule has 10 heteroatoms. The van der Waals surface area contributed by atoms with Crippen molar-refractivity contribution in [1.29, 1.82) is 0 Å². The predicted molar refractivity (Wildman–Crippen MR) is 141 cm³/mol. The molecule has 3 amide bonds. The predicted octanol–water partition coefficient (Wildman–Crippen LogP) is 1.09. The molecule has 1 aromatic carbocycles. The third-order valence-electron chi connectivity index (χ3n) is 6.68. The number of hydrogen-bond donors (Lipinski definition) is 5. The molecule has 0 spiro atoms. The molecule has 1 saturated carbocycles. The summed E-state index contributed by atoms with van der Waals surface area (Å²) in [6, 6.07) is 7.42. The highest BCUT2D eigenvalue weighted by atomic mass is 16.2. The van der Waals surface area contributed by atoms with Gasteiger partial charge in [0, 0.05) is 43.4 Å². The Hall–Kier alpha value is -3.08. The summed E-state index contributed by atoms with van der Waals surface area (Å²) >= 11 is 0. The minimum atomic E-state index is -1.08. The number of aromatic nitrogens is 1. The highest BCUT2D eigenvalue weighted by Crippen LogP contribution is 2.28. The maximum atomic E-state index is 13.3. The zero-order chi connectivity index (χ0) is 25.9. The van der Waals surface area contributed by atoms with Crippen LogP contribution < -0.4 is 27.8 Å². The van der Waals surface area contributed by atoms with Gasteiger partial charge in [0.1, 0.15) is 6.04 Å². The maximum Gasteiger partial charge on any atom is 0.246 e. The van der Waals surface area contributed by atoms with Crippen LogP contribution in [0.15, 0.2) is 36.5 Å². The molecule has 36 heavy (non-hydrogen) atoms. The Morgan fingerprint density at radius 3 is 2.44 bits per heavy atom. The molecule has 0 unspecified atom stereocenters. The van der Waals surface area contributed by atoms with Crippen LogP contribution in [0.25, 0.3) is 10.9 Å². The van der Waals surface area contributed by atoms with Crippen molar-refractivity contribution in [1.82, 2.24) is 15.2 Å². The van der Waals surface area contributed by atoms with Crippen LogP contribution in [-0.2, 0) is 14.4 Å². The highest BCUT2D eigenvalue weighted by molar-refractivity contribution is 5.99. The van der Waals surface area contributed by atoms with Crippen LogP contribution in [0.3, 0.4) is 0 Å². The van der Waals surface area contributed by atoms with Gasteiger partial charge in [0.15, 0.2) is 0 Å². The smallest absolute Gasteiger partial charge is 0.246 e. The summed E-state index contributed by atoms with van der Waals surface area (Å²) in [5, 5.41) is 6.66. The van der Waals surface area contributed by atoms with E-state index in [0.29, 0.717) is 44.2 Å². The molecule has 1 aliphatic rings. The van der Waals surface area contributed by atoms with E-state index in [9.17, 15) is 14.4 Å². The van der Waals surface area contributed by atoms with Crippen LogP contribution in [0.2, 0.25) is 0 Å². The molecule has 0 aliphatic heterocycles. The maximum absolute atomic E-state index is 13.3. The van der Waals surface area contributed by atoms with Crippen molar-refractivity contribution in [3.05, 3.63) is 36.5 Å². The van der Waals surface area contributed by atoms with Crippen LogP contribution in [0.4, 0.5) is 5.69 Å². The number of pyridine rings is 1. The third kappa shape index (κ3) is 7.97. The van der Waals surface area contributed by atoms with E-state index in [2.05, 4.69) is 15.6 Å². The number of carbonyl (C=O) groups excluding carboxylic acids is 3. The first-order valence-electron chi connectivity index (χ1n) is 12.8. The van der Waals surface area contributed by atoms with Crippen LogP contribution in [0.5, 0.6) is 0 Å². The second-order valence-corrected chi connectivity index (χ2v) is 9.47. The van der Waals surface area contributed by atoms with Gasteiger partial charge in [-0.1, -0.05) is 38.2 Å². The van der Waals surface area contributed by atoms with Crippen LogP contribution in [0, 0.1) is 5.92 Å². The van der Waals surface area contributed by atoms with E-state index in [1.807, 2.05) is 24.3 Å². The molecule has 0 bridgehead atoms. The number of fused-ring (bicyclic) bond motifs is 1. The Morgan fingerprint density at radius 1 is 1.03 bits per heavy atom. The summed E-state index contributed by atoms with van der Waals surface area (Å²) < 4.78 is 0. The van der Waals surface area contributed by atoms with E-state index in [1.54, 1.807) is 12.3 Å². The molecule has 1 aliphatic carbocycles. The quantitative estimate of drug-likeness (QED) is 0.292. The van der Waals surface area contributed by atoms with Crippen LogP contribution in [-0.4, -0.2) is 65.9 Å². The number of nitrogens with one attached hydrogen (secondary N) is 2. The molecule has 2 atom stereocenters. The van der Waals surface area contributed by atoms with Crippen molar-refractivity contribution in [3.8, 4) is 0 Å². The first-order valence-corrected chi connectivity index (χ1v) is 12.8. The molecule has 8 N–H and O–H groups in total. The van der Waals surface area contributed by atoms with Gasteiger partial charge in [-0.25, -0.2) is 0 Å². The molecule has 10 nitrogen and oxygen atoms in total. The summed E-state index contributed by atoms with van der Waals surface area (Å²) in [5.74, 6) is -0.768. The van der Waals surface area contributed by atoms with Crippen molar-refractivity contribution < 1.29 is 14.4 Å². The lowest BCUT2D eigenvalue weighted by atomic mass is 9.84. The molecule has 1 aromatic heterocycles. The summed E-state index contributed by atoms with van der Waals surface area (Å²) in [4.78, 5) is 44.7. The van der Waals surface area contributed by atoms with Crippen LogP contribution >= 0.6 is 0 Å². The van der Waals surface area contributed by atoms with E-state index in [0.717, 1.165) is 36.6 Å². The van der Waals surface area contributed by atoms with Gasteiger partial charge in [-0.3, -0.25) is 19.4 Å². The van der Waals surface area contributed by atoms with Crippen molar-refractivity contribution in [2.75, 3.05) is 31.5 Å². The molecule has 1 heterocycles. The largest absolute Gasteiger partial charge is 0.343 e. The number of hydrogen-bond acceptors (Lipinski definition) is 7. The number of amides is 3. The average molecular weight is 498 g/mol. The average Bonchev–Trinajstić information content (AvgIpc) is 2.88. The lowest BCUT2D eigenvalue weighted by molar-refractivity contribution is -0.134. The minimum absolute atomic E-state index is 0.179. The Balaban J connectivity index is 1.67. The van der Waals surface area contributed by atoms with E-state index in [-0.39, 0.29) is 18.2 Å². The van der Waals surface area contributed by atoms with Gasteiger partial charge in [0.05, 0.1) is 18.0 Å². The summed E-state index contributed by atoms with van der Waals surface area (Å²) in [6.45, 7) is 1.28. The normalized spacial score (nSPS) is 15.8. The zero-order valence-electron chi connectivity index (χ0n) is 20.8. The fourth-order valence-corrected chi connectivity index (χ4v) is 4.73. The van der Waals surface area contributed by atoms with Gasteiger partial charge in [0.25, 0.3) is 0 Å². The van der Waals surface area contributed by atoms with Crippen LogP contribution in [0.1, 0.15) is 44.9 Å². The highest BCUT2D eigenvalue weighted by Gasteiger charge is 2.29. The molecule has 0 saturated heterocycles. The van der Waals surface area contributed by atoms with Gasteiger partial charge in [-0.2, -0.15) is 0 Å². The van der Waals surface area contributed by atoms with Gasteiger partial charge < -0.3 is 32.7 Å². The number of rotatable bonds is 12. The zero-order valence-corrected chi connectivity index (χ0v) is 20.8. The summed E-state index contributed by atoms with van der Waals surface area (Å²) in [6.07, 6.45) is 7.56. The lowest BCUT2D eigenvalue weighted by Gasteiger charge is -2.28. The van der Waals surface area contributed by atoms with E-state index >= 15 is 0 Å². The van der Waals surface area contributed by atoms with E-state index < -0.39 is 18.0 Å².